The zero-order valence-corrected chi connectivity index (χ0v) is 13.6. The largest absolute Gasteiger partial charge is 0.449 e. The molecule has 0 aliphatic heterocycles. The third kappa shape index (κ3) is 3.22. The minimum Gasteiger partial charge on any atom is -0.324 e. The molecule has 0 spiro atoms. The van der Waals surface area contributed by atoms with Crippen LogP contribution in [-0.2, 0) is 11.0 Å². The maximum atomic E-state index is 13.4. The highest BCUT2D eigenvalue weighted by molar-refractivity contribution is 5.95. The van der Waals surface area contributed by atoms with Gasteiger partial charge in [0.2, 0.25) is 11.7 Å². The van der Waals surface area contributed by atoms with E-state index in [2.05, 4.69) is 10.3 Å². The summed E-state index contributed by atoms with van der Waals surface area (Å²) in [6.45, 7) is 3.24. The highest BCUT2D eigenvalue weighted by Crippen LogP contribution is 2.34. The molecule has 1 atom stereocenters. The van der Waals surface area contributed by atoms with E-state index in [1.165, 1.54) is 19.1 Å². The molecule has 1 amide bonds. The maximum absolute atomic E-state index is 13.4. The maximum Gasteiger partial charge on any atom is 0.449 e. The fourth-order valence-corrected chi connectivity index (χ4v) is 2.70. The lowest BCUT2D eigenvalue weighted by atomic mass is 10.2. The number of hydrogen-bond acceptors (Lipinski definition) is 2. The Kier molecular flexibility index (Phi) is 4.24. The van der Waals surface area contributed by atoms with E-state index < -0.39 is 23.9 Å². The molecule has 0 saturated heterocycles. The topological polar surface area (TPSA) is 46.9 Å². The van der Waals surface area contributed by atoms with E-state index in [9.17, 15) is 18.0 Å². The van der Waals surface area contributed by atoms with Crippen LogP contribution in [0.5, 0.6) is 0 Å². The fraction of sp³-hybridized carbons (Fsp3) is 0.222. The van der Waals surface area contributed by atoms with Gasteiger partial charge in [0.05, 0.1) is 11.0 Å². The Labute approximate surface area is 142 Å². The van der Waals surface area contributed by atoms with Gasteiger partial charge in [0.25, 0.3) is 0 Å². The predicted molar refractivity (Wildman–Crippen MR) is 89.3 cm³/mol. The summed E-state index contributed by atoms with van der Waals surface area (Å²) in [4.78, 5) is 16.2. The number of amides is 1. The molecule has 1 aromatic heterocycles. The van der Waals surface area contributed by atoms with Gasteiger partial charge >= 0.3 is 6.18 Å². The van der Waals surface area contributed by atoms with E-state index >= 15 is 0 Å². The quantitative estimate of drug-likeness (QED) is 0.755. The van der Waals surface area contributed by atoms with Crippen molar-refractivity contribution in [2.24, 2.45) is 0 Å². The predicted octanol–water partition coefficient (Wildman–Crippen LogP) is 4.56. The van der Waals surface area contributed by atoms with Gasteiger partial charge in [0, 0.05) is 5.69 Å². The number of aryl methyl sites for hydroxylation is 1. The second-order valence-electron chi connectivity index (χ2n) is 5.77. The highest BCUT2D eigenvalue weighted by Gasteiger charge is 2.39. The Morgan fingerprint density at radius 3 is 2.44 bits per heavy atom. The molecule has 25 heavy (non-hydrogen) atoms. The highest BCUT2D eigenvalue weighted by atomic mass is 19.4. The van der Waals surface area contributed by atoms with Gasteiger partial charge in [0.1, 0.15) is 6.04 Å². The van der Waals surface area contributed by atoms with E-state index in [-0.39, 0.29) is 11.0 Å². The SMILES string of the molecule is Cc1ccccc1NC(=O)[C@@H](C)n1c(C(F)(F)F)nc2ccccc21. The Morgan fingerprint density at radius 1 is 1.12 bits per heavy atom. The summed E-state index contributed by atoms with van der Waals surface area (Å²) in [5.41, 5.74) is 1.86. The van der Waals surface area contributed by atoms with Gasteiger partial charge in [-0.3, -0.25) is 4.79 Å². The second-order valence-corrected chi connectivity index (χ2v) is 5.77. The van der Waals surface area contributed by atoms with Crippen molar-refractivity contribution in [2.75, 3.05) is 5.32 Å². The number of fused-ring (bicyclic) bond motifs is 1. The zero-order valence-electron chi connectivity index (χ0n) is 13.6. The molecule has 0 aliphatic rings. The van der Waals surface area contributed by atoms with Crippen molar-refractivity contribution in [2.45, 2.75) is 26.1 Å². The Hall–Kier alpha value is -2.83. The fourth-order valence-electron chi connectivity index (χ4n) is 2.70. The van der Waals surface area contributed by atoms with E-state index in [1.54, 1.807) is 24.3 Å². The van der Waals surface area contributed by atoms with E-state index in [0.29, 0.717) is 5.69 Å². The molecular formula is C18H16F3N3O. The molecule has 0 unspecified atom stereocenters. The van der Waals surface area contributed by atoms with Gasteiger partial charge in [-0.2, -0.15) is 13.2 Å². The van der Waals surface area contributed by atoms with Crippen LogP contribution in [0.3, 0.4) is 0 Å². The number of benzene rings is 2. The van der Waals surface area contributed by atoms with Crippen LogP contribution in [0.25, 0.3) is 11.0 Å². The standard InChI is InChI=1S/C18H16F3N3O/c1-11-7-3-4-8-13(11)22-16(25)12(2)24-15-10-6-5-9-14(15)23-17(24)18(19,20)21/h3-10,12H,1-2H3,(H,22,25)/t12-/m1/s1. The van der Waals surface area contributed by atoms with E-state index in [4.69, 9.17) is 0 Å². The lowest BCUT2D eigenvalue weighted by molar-refractivity contribution is -0.148. The lowest BCUT2D eigenvalue weighted by Gasteiger charge is -2.19. The number of nitrogens with zero attached hydrogens (tertiary/aromatic N) is 2. The van der Waals surface area contributed by atoms with Crippen molar-refractivity contribution in [1.29, 1.82) is 0 Å². The van der Waals surface area contributed by atoms with Gasteiger partial charge in [-0.1, -0.05) is 30.3 Å². The molecule has 7 heteroatoms. The monoisotopic (exact) mass is 347 g/mol. The van der Waals surface area contributed by atoms with Crippen LogP contribution in [0.4, 0.5) is 18.9 Å². The summed E-state index contributed by atoms with van der Waals surface area (Å²) >= 11 is 0. The smallest absolute Gasteiger partial charge is 0.324 e. The number of anilines is 1. The van der Waals surface area contributed by atoms with Crippen molar-refractivity contribution in [3.8, 4) is 0 Å². The molecule has 2 aromatic carbocycles. The Morgan fingerprint density at radius 2 is 1.76 bits per heavy atom. The van der Waals surface area contributed by atoms with Crippen LogP contribution < -0.4 is 5.32 Å². The summed E-state index contributed by atoms with van der Waals surface area (Å²) in [7, 11) is 0. The van der Waals surface area contributed by atoms with Crippen molar-refractivity contribution in [3.05, 3.63) is 59.9 Å². The Bertz CT molecular complexity index is 931. The van der Waals surface area contributed by atoms with Crippen LogP contribution in [0, 0.1) is 6.92 Å². The van der Waals surface area contributed by atoms with E-state index in [1.807, 2.05) is 19.1 Å². The number of alkyl halides is 3. The van der Waals surface area contributed by atoms with Gasteiger partial charge in [-0.25, -0.2) is 4.98 Å². The first-order chi connectivity index (χ1) is 11.8. The molecule has 3 rings (SSSR count). The number of aromatic nitrogens is 2. The number of carbonyl (C=O) groups is 1. The average molecular weight is 347 g/mol. The van der Waals surface area contributed by atoms with Crippen LogP contribution in [0.1, 0.15) is 24.4 Å². The first kappa shape index (κ1) is 17.0. The van der Waals surface area contributed by atoms with Gasteiger partial charge in [-0.15, -0.1) is 0 Å². The third-order valence-electron chi connectivity index (χ3n) is 4.02. The molecule has 0 radical (unpaired) electrons. The molecule has 0 bridgehead atoms. The van der Waals surface area contributed by atoms with Crippen LogP contribution >= 0.6 is 0 Å². The molecule has 0 aliphatic carbocycles. The molecule has 130 valence electrons. The molecule has 0 fully saturated rings. The lowest BCUT2D eigenvalue weighted by Crippen LogP contribution is -2.27. The summed E-state index contributed by atoms with van der Waals surface area (Å²) in [6, 6.07) is 12.3. The molecule has 3 aromatic rings. The number of rotatable bonds is 3. The number of nitrogens with one attached hydrogen (secondary N) is 1. The minimum atomic E-state index is -4.66. The van der Waals surface area contributed by atoms with Gasteiger partial charge in [0.15, 0.2) is 0 Å². The summed E-state index contributed by atoms with van der Waals surface area (Å²) in [5, 5.41) is 2.69. The third-order valence-corrected chi connectivity index (χ3v) is 4.02. The second kappa shape index (κ2) is 6.23. The minimum absolute atomic E-state index is 0.199. The van der Waals surface area contributed by atoms with Crippen molar-refractivity contribution < 1.29 is 18.0 Å². The van der Waals surface area contributed by atoms with Crippen molar-refractivity contribution >= 4 is 22.6 Å². The van der Waals surface area contributed by atoms with Gasteiger partial charge in [-0.05, 0) is 37.6 Å². The number of halogens is 3. The zero-order chi connectivity index (χ0) is 18.2. The molecule has 1 N–H and O–H groups in total. The molecule has 1 heterocycles. The molecule has 4 nitrogen and oxygen atoms in total. The normalized spacial score (nSPS) is 13.0. The van der Waals surface area contributed by atoms with Crippen LogP contribution in [0.2, 0.25) is 0 Å². The van der Waals surface area contributed by atoms with Crippen molar-refractivity contribution in [3.63, 3.8) is 0 Å². The number of imidazole rings is 1. The number of para-hydroxylation sites is 3. The summed E-state index contributed by atoms with van der Waals surface area (Å²) in [5.74, 6) is -1.62. The van der Waals surface area contributed by atoms with E-state index in [0.717, 1.165) is 10.1 Å². The summed E-state index contributed by atoms with van der Waals surface area (Å²) in [6.07, 6.45) is -4.66. The first-order valence-electron chi connectivity index (χ1n) is 7.69. The molecule has 0 saturated carbocycles. The first-order valence-corrected chi connectivity index (χ1v) is 7.69. The average Bonchev–Trinajstić information content (AvgIpc) is 2.96. The molecular weight excluding hydrogens is 331 g/mol. The number of hydrogen-bond donors (Lipinski definition) is 1. The van der Waals surface area contributed by atoms with Crippen LogP contribution in [-0.4, -0.2) is 15.5 Å². The van der Waals surface area contributed by atoms with Crippen LogP contribution in [0.15, 0.2) is 48.5 Å². The van der Waals surface area contributed by atoms with Gasteiger partial charge < -0.3 is 9.88 Å². The van der Waals surface area contributed by atoms with Crippen molar-refractivity contribution in [1.82, 2.24) is 9.55 Å². The Balaban J connectivity index is 2.03. The number of carbonyl (C=O) groups excluding carboxylic acids is 1. The summed E-state index contributed by atoms with van der Waals surface area (Å²) < 4.78 is 41.1.